The van der Waals surface area contributed by atoms with Crippen molar-refractivity contribution in [1.82, 2.24) is 9.78 Å². The number of aryl methyl sites for hydroxylation is 1. The molecule has 0 fully saturated rings. The predicted molar refractivity (Wildman–Crippen MR) is 31.1 cm³/mol. The van der Waals surface area contributed by atoms with Crippen molar-refractivity contribution in [3.05, 3.63) is 18.0 Å². The van der Waals surface area contributed by atoms with E-state index in [2.05, 4.69) is 5.10 Å². The molecule has 0 atom stereocenters. The van der Waals surface area contributed by atoms with Crippen molar-refractivity contribution >= 4 is 6.34 Å². The first-order valence-corrected chi connectivity index (χ1v) is 2.35. The molecule has 0 amide bonds. The molecule has 42 valence electrons. The van der Waals surface area contributed by atoms with Gasteiger partial charge in [-0.05, 0) is 13.0 Å². The Morgan fingerprint density at radius 2 is 2.62 bits per heavy atom. The van der Waals surface area contributed by atoms with Gasteiger partial charge in [-0.2, -0.15) is 5.10 Å². The SMILES string of the molecule is Cc1ccn(C=N)n1. The van der Waals surface area contributed by atoms with Crippen LogP contribution in [-0.2, 0) is 0 Å². The summed E-state index contributed by atoms with van der Waals surface area (Å²) in [4.78, 5) is 0. The molecule has 1 N–H and O–H groups in total. The van der Waals surface area contributed by atoms with E-state index in [1.54, 1.807) is 6.20 Å². The number of aromatic nitrogens is 2. The second-order valence-corrected chi connectivity index (χ2v) is 1.57. The lowest BCUT2D eigenvalue weighted by Crippen LogP contribution is -1.93. The van der Waals surface area contributed by atoms with Gasteiger partial charge in [0.1, 0.15) is 6.34 Å². The molecule has 0 saturated carbocycles. The van der Waals surface area contributed by atoms with Crippen LogP contribution in [0.25, 0.3) is 0 Å². The van der Waals surface area contributed by atoms with Gasteiger partial charge in [0.15, 0.2) is 0 Å². The summed E-state index contributed by atoms with van der Waals surface area (Å²) in [6.07, 6.45) is 2.90. The molecule has 3 heteroatoms. The molecule has 0 aliphatic rings. The summed E-state index contributed by atoms with van der Waals surface area (Å²) in [5, 5.41) is 10.6. The number of hydrogen-bond donors (Lipinski definition) is 1. The van der Waals surface area contributed by atoms with Crippen LogP contribution in [0.2, 0.25) is 0 Å². The highest BCUT2D eigenvalue weighted by atomic mass is 15.3. The molecule has 1 rings (SSSR count). The second-order valence-electron chi connectivity index (χ2n) is 1.57. The summed E-state index contributed by atoms with van der Waals surface area (Å²) >= 11 is 0. The average Bonchev–Trinajstić information content (AvgIpc) is 2.14. The van der Waals surface area contributed by atoms with E-state index in [0.717, 1.165) is 12.0 Å². The van der Waals surface area contributed by atoms with E-state index in [9.17, 15) is 0 Å². The van der Waals surface area contributed by atoms with Crippen molar-refractivity contribution < 1.29 is 0 Å². The highest BCUT2D eigenvalue weighted by molar-refractivity contribution is 5.52. The van der Waals surface area contributed by atoms with E-state index in [1.165, 1.54) is 4.68 Å². The second kappa shape index (κ2) is 1.78. The maximum absolute atomic E-state index is 6.73. The van der Waals surface area contributed by atoms with Crippen molar-refractivity contribution in [2.45, 2.75) is 6.92 Å². The van der Waals surface area contributed by atoms with Gasteiger partial charge in [-0.15, -0.1) is 0 Å². The first-order valence-electron chi connectivity index (χ1n) is 2.35. The number of hydrogen-bond acceptors (Lipinski definition) is 2. The van der Waals surface area contributed by atoms with Crippen LogP contribution in [0.15, 0.2) is 12.3 Å². The maximum Gasteiger partial charge on any atom is 0.108 e. The molecule has 1 heterocycles. The Balaban J connectivity index is 3.00. The van der Waals surface area contributed by atoms with E-state index < -0.39 is 0 Å². The molecule has 0 bridgehead atoms. The quantitative estimate of drug-likeness (QED) is 0.417. The molecule has 0 unspecified atom stereocenters. The topological polar surface area (TPSA) is 41.7 Å². The van der Waals surface area contributed by atoms with Gasteiger partial charge in [-0.25, -0.2) is 4.68 Å². The van der Waals surface area contributed by atoms with E-state index in [4.69, 9.17) is 5.41 Å². The van der Waals surface area contributed by atoms with Crippen LogP contribution in [0.5, 0.6) is 0 Å². The Kier molecular flexibility index (Phi) is 1.12. The Bertz CT molecular complexity index is 189. The van der Waals surface area contributed by atoms with E-state index in [-0.39, 0.29) is 0 Å². The fourth-order valence-electron chi connectivity index (χ4n) is 0.505. The van der Waals surface area contributed by atoms with Crippen LogP contribution in [0.3, 0.4) is 0 Å². The highest BCUT2D eigenvalue weighted by Crippen LogP contribution is 1.87. The minimum absolute atomic E-state index is 0.938. The first kappa shape index (κ1) is 5.03. The molecule has 8 heavy (non-hydrogen) atoms. The molecule has 3 nitrogen and oxygen atoms in total. The largest absolute Gasteiger partial charge is 0.289 e. The fourth-order valence-corrected chi connectivity index (χ4v) is 0.505. The van der Waals surface area contributed by atoms with Crippen molar-refractivity contribution in [3.8, 4) is 0 Å². The number of nitrogens with zero attached hydrogens (tertiary/aromatic N) is 2. The summed E-state index contributed by atoms with van der Waals surface area (Å²) in [5.74, 6) is 0. The molecule has 1 aromatic heterocycles. The summed E-state index contributed by atoms with van der Waals surface area (Å²) in [7, 11) is 0. The lowest BCUT2D eigenvalue weighted by atomic mass is 10.5. The molecular weight excluding hydrogens is 102 g/mol. The van der Waals surface area contributed by atoms with Gasteiger partial charge in [0, 0.05) is 6.20 Å². The van der Waals surface area contributed by atoms with Gasteiger partial charge in [0.05, 0.1) is 5.69 Å². The van der Waals surface area contributed by atoms with Gasteiger partial charge >= 0.3 is 0 Å². The molecule has 0 saturated heterocycles. The third-order valence-electron chi connectivity index (χ3n) is 0.874. The monoisotopic (exact) mass is 109 g/mol. The van der Waals surface area contributed by atoms with Gasteiger partial charge in [0.25, 0.3) is 0 Å². The van der Waals surface area contributed by atoms with Crippen LogP contribution in [0.1, 0.15) is 5.69 Å². The summed E-state index contributed by atoms with van der Waals surface area (Å²) in [6.45, 7) is 1.89. The molecule has 1 aromatic rings. The molecule has 0 spiro atoms. The van der Waals surface area contributed by atoms with Gasteiger partial charge < -0.3 is 0 Å². The van der Waals surface area contributed by atoms with Gasteiger partial charge in [-0.1, -0.05) is 0 Å². The normalized spacial score (nSPS) is 9.12. The van der Waals surface area contributed by atoms with E-state index in [1.807, 2.05) is 13.0 Å². The lowest BCUT2D eigenvalue weighted by Gasteiger charge is -1.81. The fraction of sp³-hybridized carbons (Fsp3) is 0.200. The highest BCUT2D eigenvalue weighted by Gasteiger charge is 1.84. The molecular formula is C5H7N3. The molecule has 0 radical (unpaired) electrons. The maximum atomic E-state index is 6.73. The summed E-state index contributed by atoms with van der Waals surface area (Å²) < 4.78 is 1.45. The standard InChI is InChI=1S/C5H7N3/c1-5-2-3-8(4-6)7-5/h2-4,6H,1H3. The van der Waals surface area contributed by atoms with Gasteiger partial charge in [-0.3, -0.25) is 5.41 Å². The number of nitrogens with one attached hydrogen (secondary N) is 1. The Labute approximate surface area is 47.5 Å². The number of rotatable bonds is 1. The van der Waals surface area contributed by atoms with Gasteiger partial charge in [0.2, 0.25) is 0 Å². The minimum atomic E-state index is 0.938. The van der Waals surface area contributed by atoms with Crippen LogP contribution >= 0.6 is 0 Å². The zero-order valence-corrected chi connectivity index (χ0v) is 4.63. The van der Waals surface area contributed by atoms with Crippen LogP contribution in [0, 0.1) is 12.3 Å². The van der Waals surface area contributed by atoms with E-state index in [0.29, 0.717) is 0 Å². The van der Waals surface area contributed by atoms with Crippen LogP contribution in [0.4, 0.5) is 0 Å². The van der Waals surface area contributed by atoms with Crippen molar-refractivity contribution in [1.29, 1.82) is 5.41 Å². The zero-order valence-electron chi connectivity index (χ0n) is 4.63. The smallest absolute Gasteiger partial charge is 0.108 e. The first-order chi connectivity index (χ1) is 3.83. The average molecular weight is 109 g/mol. The van der Waals surface area contributed by atoms with Crippen molar-refractivity contribution in [2.24, 2.45) is 0 Å². The van der Waals surface area contributed by atoms with Crippen molar-refractivity contribution in [2.75, 3.05) is 0 Å². The zero-order chi connectivity index (χ0) is 5.98. The Hall–Kier alpha value is -1.12. The summed E-state index contributed by atoms with van der Waals surface area (Å²) in [6, 6.07) is 1.85. The van der Waals surface area contributed by atoms with E-state index >= 15 is 0 Å². The lowest BCUT2D eigenvalue weighted by molar-refractivity contribution is 0.925. The van der Waals surface area contributed by atoms with Crippen molar-refractivity contribution in [3.63, 3.8) is 0 Å². The molecule has 0 aliphatic carbocycles. The third-order valence-corrected chi connectivity index (χ3v) is 0.874. The predicted octanol–water partition coefficient (Wildman–Crippen LogP) is 0.647. The summed E-state index contributed by atoms with van der Waals surface area (Å²) in [5.41, 5.74) is 0.938. The van der Waals surface area contributed by atoms with Crippen LogP contribution < -0.4 is 0 Å². The molecule has 0 aliphatic heterocycles. The third kappa shape index (κ3) is 0.753. The Morgan fingerprint density at radius 3 is 2.88 bits per heavy atom. The molecule has 0 aromatic carbocycles. The van der Waals surface area contributed by atoms with Crippen LogP contribution in [-0.4, -0.2) is 16.1 Å². The minimum Gasteiger partial charge on any atom is -0.289 e. The Morgan fingerprint density at radius 1 is 1.88 bits per heavy atom.